The molecule has 7 nitrogen and oxygen atoms in total. The Labute approximate surface area is 184 Å². The first-order valence-corrected chi connectivity index (χ1v) is 12.1. The smallest absolute Gasteiger partial charge is 0.226 e. The highest BCUT2D eigenvalue weighted by molar-refractivity contribution is 5.38. The Balaban J connectivity index is 1.22. The third-order valence-electron chi connectivity index (χ3n) is 8.32. The Bertz CT molecular complexity index is 872. The van der Waals surface area contributed by atoms with Crippen LogP contribution in [-0.2, 0) is 11.3 Å². The van der Waals surface area contributed by atoms with Crippen LogP contribution in [0.3, 0.4) is 0 Å². The summed E-state index contributed by atoms with van der Waals surface area (Å²) in [6, 6.07) is 0.118. The number of hydrogen-bond donors (Lipinski definition) is 2. The molecule has 5 saturated carbocycles. The van der Waals surface area contributed by atoms with Gasteiger partial charge in [0.15, 0.2) is 0 Å². The van der Waals surface area contributed by atoms with Crippen molar-refractivity contribution in [3.63, 3.8) is 0 Å². The van der Waals surface area contributed by atoms with E-state index in [1.54, 1.807) is 0 Å². The van der Waals surface area contributed by atoms with E-state index in [0.29, 0.717) is 41.8 Å². The lowest BCUT2D eigenvalue weighted by atomic mass is 9.52. The summed E-state index contributed by atoms with van der Waals surface area (Å²) >= 11 is 0. The Morgan fingerprint density at radius 1 is 1.29 bits per heavy atom. The highest BCUT2D eigenvalue weighted by atomic mass is 16.5. The number of aromatic nitrogens is 2. The highest BCUT2D eigenvalue weighted by Gasteiger charge is 2.57. The molecule has 0 radical (unpaired) electrons. The van der Waals surface area contributed by atoms with Crippen molar-refractivity contribution < 1.29 is 14.9 Å². The maximum absolute atomic E-state index is 13.5. The van der Waals surface area contributed by atoms with Gasteiger partial charge in [-0.1, -0.05) is 6.58 Å². The average molecular weight is 427 g/mol. The van der Waals surface area contributed by atoms with Crippen LogP contribution in [0.2, 0.25) is 0 Å². The summed E-state index contributed by atoms with van der Waals surface area (Å²) in [4.78, 5) is 11.8. The second kappa shape index (κ2) is 7.15. The standard InChI is InChI=1S/C24H34N4O3/c1-14-11-27(12-15(2)31-14)23-25-10-20(21(26-23)17-3-4-17)13-28(30)22-18-5-16-6-19(22)9-24(29,7-16)8-18/h10,15-19,22,28-29H,1,3-9,11-13H2,2H3/t15-,16?,18?,19?,22?,24?/m1/s1. The molecule has 3 unspecified atom stereocenters. The molecule has 4 atom stereocenters. The van der Waals surface area contributed by atoms with Crippen molar-refractivity contribution in [2.45, 2.75) is 82.1 Å². The summed E-state index contributed by atoms with van der Waals surface area (Å²) in [5.41, 5.74) is 1.60. The van der Waals surface area contributed by atoms with Gasteiger partial charge in [0.2, 0.25) is 5.95 Å². The third kappa shape index (κ3) is 3.64. The molecule has 1 aliphatic heterocycles. The molecule has 0 amide bonds. The first kappa shape index (κ1) is 19.9. The third-order valence-corrected chi connectivity index (χ3v) is 8.32. The van der Waals surface area contributed by atoms with E-state index >= 15 is 0 Å². The topological polar surface area (TPSA) is 86.0 Å². The van der Waals surface area contributed by atoms with Gasteiger partial charge in [0, 0.05) is 29.5 Å². The first-order chi connectivity index (χ1) is 14.9. The largest absolute Gasteiger partial charge is 0.634 e. The van der Waals surface area contributed by atoms with Crippen molar-refractivity contribution in [2.75, 3.05) is 18.0 Å². The Morgan fingerprint density at radius 3 is 2.68 bits per heavy atom. The summed E-state index contributed by atoms with van der Waals surface area (Å²) in [6.07, 6.45) is 9.11. The molecule has 5 aliphatic carbocycles. The van der Waals surface area contributed by atoms with Crippen LogP contribution in [0.15, 0.2) is 18.5 Å². The zero-order chi connectivity index (χ0) is 21.3. The summed E-state index contributed by atoms with van der Waals surface area (Å²) in [7, 11) is 0. The van der Waals surface area contributed by atoms with E-state index in [0.717, 1.165) is 74.5 Å². The van der Waals surface area contributed by atoms with E-state index in [1.807, 2.05) is 13.1 Å². The first-order valence-electron chi connectivity index (χ1n) is 12.1. The second-order valence-electron chi connectivity index (χ2n) is 11.1. The fraction of sp³-hybridized carbons (Fsp3) is 0.750. The molecule has 4 bridgehead atoms. The maximum Gasteiger partial charge on any atom is 0.226 e. The van der Waals surface area contributed by atoms with Crippen LogP contribution >= 0.6 is 0 Å². The number of morpholine rings is 1. The van der Waals surface area contributed by atoms with Gasteiger partial charge in [-0.2, -0.15) is 0 Å². The van der Waals surface area contributed by atoms with Crippen molar-refractivity contribution in [2.24, 2.45) is 17.8 Å². The molecular weight excluding hydrogens is 392 g/mol. The molecule has 31 heavy (non-hydrogen) atoms. The monoisotopic (exact) mass is 426 g/mol. The number of nitrogens with zero attached hydrogens (tertiary/aromatic N) is 3. The van der Waals surface area contributed by atoms with E-state index in [4.69, 9.17) is 9.72 Å². The van der Waals surface area contributed by atoms with E-state index in [9.17, 15) is 10.3 Å². The van der Waals surface area contributed by atoms with Crippen molar-refractivity contribution in [1.29, 1.82) is 0 Å². The molecule has 0 spiro atoms. The van der Waals surface area contributed by atoms with Crippen LogP contribution in [0.4, 0.5) is 5.95 Å². The normalized spacial score (nSPS) is 40.2. The summed E-state index contributed by atoms with van der Waals surface area (Å²) in [6.45, 7) is 7.82. The van der Waals surface area contributed by atoms with Gasteiger partial charge in [-0.05, 0) is 57.8 Å². The number of aliphatic hydroxyl groups is 1. The lowest BCUT2D eigenvalue weighted by Gasteiger charge is -2.59. The number of nitrogens with one attached hydrogen (secondary N) is 1. The van der Waals surface area contributed by atoms with Gasteiger partial charge >= 0.3 is 0 Å². The van der Waals surface area contributed by atoms with E-state index in [2.05, 4.69) is 16.5 Å². The molecule has 2 heterocycles. The van der Waals surface area contributed by atoms with E-state index in [-0.39, 0.29) is 12.1 Å². The molecule has 6 aliphatic rings. The fourth-order valence-electron chi connectivity index (χ4n) is 7.32. The summed E-state index contributed by atoms with van der Waals surface area (Å²) in [5, 5.41) is 24.7. The van der Waals surface area contributed by atoms with Crippen LogP contribution in [0.5, 0.6) is 0 Å². The summed E-state index contributed by atoms with van der Waals surface area (Å²) in [5.74, 6) is 3.31. The van der Waals surface area contributed by atoms with Gasteiger partial charge in [0.25, 0.3) is 0 Å². The summed E-state index contributed by atoms with van der Waals surface area (Å²) < 4.78 is 5.67. The molecule has 2 N–H and O–H groups in total. The van der Waals surface area contributed by atoms with E-state index in [1.165, 1.54) is 0 Å². The number of hydroxylamine groups is 2. The predicted molar refractivity (Wildman–Crippen MR) is 116 cm³/mol. The molecule has 1 saturated heterocycles. The van der Waals surface area contributed by atoms with Gasteiger partial charge in [0.1, 0.15) is 18.4 Å². The quantitative estimate of drug-likeness (QED) is 0.700. The van der Waals surface area contributed by atoms with Gasteiger partial charge in [0.05, 0.1) is 30.4 Å². The number of hydrogen-bond acceptors (Lipinski definition) is 6. The minimum Gasteiger partial charge on any atom is -0.634 e. The lowest BCUT2D eigenvalue weighted by molar-refractivity contribution is -0.902. The van der Waals surface area contributed by atoms with Gasteiger partial charge in [-0.25, -0.2) is 9.97 Å². The number of quaternary nitrogens is 1. The number of anilines is 1. The maximum atomic E-state index is 13.5. The van der Waals surface area contributed by atoms with Crippen LogP contribution in [0.25, 0.3) is 0 Å². The number of ether oxygens (including phenoxy) is 1. The van der Waals surface area contributed by atoms with Crippen LogP contribution in [-0.4, -0.2) is 45.9 Å². The zero-order valence-electron chi connectivity index (χ0n) is 18.4. The Hall–Kier alpha value is -1.70. The molecule has 1 aromatic heterocycles. The fourth-order valence-corrected chi connectivity index (χ4v) is 7.32. The molecule has 1 aromatic rings. The lowest BCUT2D eigenvalue weighted by Crippen LogP contribution is -3.12. The Kier molecular flexibility index (Phi) is 4.60. The van der Waals surface area contributed by atoms with Gasteiger partial charge < -0.3 is 25.0 Å². The Morgan fingerprint density at radius 2 is 2.03 bits per heavy atom. The SMILES string of the molecule is C=C1CN(c2ncc(C[NH+]([O-])C3C4CC5CC3CC(O)(C5)C4)c(C3CC3)n2)C[C@@H](C)O1. The molecule has 168 valence electrons. The van der Waals surface area contributed by atoms with Crippen molar-refractivity contribution >= 4 is 5.95 Å². The van der Waals surface area contributed by atoms with Gasteiger partial charge in [-0.15, -0.1) is 0 Å². The van der Waals surface area contributed by atoms with Crippen molar-refractivity contribution in [1.82, 2.24) is 9.97 Å². The number of rotatable bonds is 5. The van der Waals surface area contributed by atoms with Crippen LogP contribution in [0.1, 0.15) is 69.0 Å². The predicted octanol–water partition coefficient (Wildman–Crippen LogP) is 1.92. The highest BCUT2D eigenvalue weighted by Crippen LogP contribution is 2.55. The average Bonchev–Trinajstić information content (AvgIpc) is 3.51. The molecule has 6 fully saturated rings. The van der Waals surface area contributed by atoms with Crippen LogP contribution in [0, 0.1) is 23.0 Å². The molecular formula is C24H34N4O3. The van der Waals surface area contributed by atoms with E-state index < -0.39 is 5.60 Å². The zero-order valence-corrected chi connectivity index (χ0v) is 18.4. The molecule has 7 rings (SSSR count). The minimum absolute atomic E-state index is 0.0715. The van der Waals surface area contributed by atoms with Gasteiger partial charge in [-0.3, -0.25) is 0 Å². The van der Waals surface area contributed by atoms with Crippen molar-refractivity contribution in [3.8, 4) is 0 Å². The minimum atomic E-state index is -0.490. The second-order valence-corrected chi connectivity index (χ2v) is 11.1. The van der Waals surface area contributed by atoms with Crippen molar-refractivity contribution in [3.05, 3.63) is 35.0 Å². The molecule has 0 aromatic carbocycles. The van der Waals surface area contributed by atoms with Crippen LogP contribution < -0.4 is 9.96 Å². The molecule has 7 heteroatoms.